The monoisotopic (exact) mass is 255 g/mol. The fourth-order valence-corrected chi connectivity index (χ4v) is 2.90. The molecule has 1 aliphatic rings. The summed E-state index contributed by atoms with van der Waals surface area (Å²) in [4.78, 5) is 11.5. The van der Waals surface area contributed by atoms with E-state index in [9.17, 15) is 4.79 Å². The molecule has 2 unspecified atom stereocenters. The van der Waals surface area contributed by atoms with Crippen LogP contribution in [0.1, 0.15) is 59.3 Å². The lowest BCUT2D eigenvalue weighted by Gasteiger charge is -2.29. The molecule has 0 amide bonds. The Labute approximate surface area is 112 Å². The summed E-state index contributed by atoms with van der Waals surface area (Å²) in [7, 11) is 1.46. The van der Waals surface area contributed by atoms with Gasteiger partial charge in [0, 0.05) is 12.1 Å². The zero-order valence-corrected chi connectivity index (χ0v) is 12.4. The fourth-order valence-electron chi connectivity index (χ4n) is 2.90. The van der Waals surface area contributed by atoms with Gasteiger partial charge in [-0.2, -0.15) is 0 Å². The molecule has 0 aliphatic heterocycles. The van der Waals surface area contributed by atoms with Crippen molar-refractivity contribution < 1.29 is 9.53 Å². The van der Waals surface area contributed by atoms with E-state index in [0.29, 0.717) is 6.04 Å². The quantitative estimate of drug-likeness (QED) is 0.606. The number of methoxy groups -OCH3 is 1. The van der Waals surface area contributed by atoms with Gasteiger partial charge in [-0.3, -0.25) is 4.79 Å². The van der Waals surface area contributed by atoms with Crippen LogP contribution >= 0.6 is 0 Å². The van der Waals surface area contributed by atoms with Crippen molar-refractivity contribution in [1.29, 1.82) is 0 Å². The van der Waals surface area contributed by atoms with E-state index in [4.69, 9.17) is 4.74 Å². The second-order valence-electron chi connectivity index (χ2n) is 5.81. The largest absolute Gasteiger partial charge is 0.469 e. The number of esters is 1. The highest BCUT2D eigenvalue weighted by atomic mass is 16.5. The highest BCUT2D eigenvalue weighted by Crippen LogP contribution is 2.26. The molecule has 3 heteroatoms. The maximum Gasteiger partial charge on any atom is 0.309 e. The summed E-state index contributed by atoms with van der Waals surface area (Å²) < 4.78 is 4.80. The molecule has 0 aromatic heterocycles. The third kappa shape index (κ3) is 4.60. The molecule has 106 valence electrons. The van der Waals surface area contributed by atoms with Crippen LogP contribution in [0.15, 0.2) is 0 Å². The lowest BCUT2D eigenvalue weighted by molar-refractivity contribution is -0.145. The van der Waals surface area contributed by atoms with E-state index < -0.39 is 0 Å². The maximum atomic E-state index is 11.5. The second-order valence-corrected chi connectivity index (χ2v) is 5.81. The molecule has 18 heavy (non-hydrogen) atoms. The van der Waals surface area contributed by atoms with Gasteiger partial charge in [-0.1, -0.05) is 32.6 Å². The Balaban J connectivity index is 2.42. The number of rotatable bonds is 5. The van der Waals surface area contributed by atoms with E-state index in [2.05, 4.69) is 19.2 Å². The summed E-state index contributed by atoms with van der Waals surface area (Å²) in [6, 6.07) is 0.668. The van der Waals surface area contributed by atoms with Gasteiger partial charge >= 0.3 is 5.97 Å². The van der Waals surface area contributed by atoms with Crippen LogP contribution < -0.4 is 5.32 Å². The molecule has 0 spiro atoms. The molecule has 0 heterocycles. The van der Waals surface area contributed by atoms with Gasteiger partial charge < -0.3 is 10.1 Å². The molecule has 1 saturated carbocycles. The lowest BCUT2D eigenvalue weighted by Crippen LogP contribution is -2.44. The van der Waals surface area contributed by atoms with Gasteiger partial charge in [-0.25, -0.2) is 0 Å². The van der Waals surface area contributed by atoms with E-state index in [1.807, 2.05) is 6.92 Å². The van der Waals surface area contributed by atoms with Crippen LogP contribution in [0, 0.1) is 11.8 Å². The third-order valence-electron chi connectivity index (χ3n) is 4.46. The van der Waals surface area contributed by atoms with Crippen molar-refractivity contribution in [3.8, 4) is 0 Å². The number of carbonyl (C=O) groups excluding carboxylic acids is 1. The average Bonchev–Trinajstić information content (AvgIpc) is 2.65. The first-order chi connectivity index (χ1) is 8.56. The summed E-state index contributed by atoms with van der Waals surface area (Å²) >= 11 is 0. The molecule has 1 N–H and O–H groups in total. The van der Waals surface area contributed by atoms with E-state index in [-0.39, 0.29) is 17.9 Å². The molecule has 0 bridgehead atoms. The number of ether oxygens (including phenoxy) is 1. The predicted octanol–water partition coefficient (Wildman–Crippen LogP) is 3.13. The van der Waals surface area contributed by atoms with Gasteiger partial charge in [-0.15, -0.1) is 0 Å². The molecule has 0 aromatic carbocycles. The van der Waals surface area contributed by atoms with Crippen molar-refractivity contribution in [2.45, 2.75) is 71.4 Å². The third-order valence-corrected chi connectivity index (χ3v) is 4.46. The van der Waals surface area contributed by atoms with Gasteiger partial charge in [0.05, 0.1) is 13.0 Å². The maximum absolute atomic E-state index is 11.5. The minimum Gasteiger partial charge on any atom is -0.469 e. The van der Waals surface area contributed by atoms with Crippen LogP contribution in [-0.2, 0) is 9.53 Å². The molecule has 3 nitrogen and oxygen atoms in total. The number of nitrogens with one attached hydrogen (secondary N) is 1. The van der Waals surface area contributed by atoms with Gasteiger partial charge in [0.25, 0.3) is 0 Å². The summed E-state index contributed by atoms with van der Waals surface area (Å²) in [5.74, 6) is 0.561. The lowest BCUT2D eigenvalue weighted by atomic mass is 9.91. The van der Waals surface area contributed by atoms with Gasteiger partial charge in [0.2, 0.25) is 0 Å². The van der Waals surface area contributed by atoms with Crippen molar-refractivity contribution in [1.82, 2.24) is 5.32 Å². The highest BCUT2D eigenvalue weighted by Gasteiger charge is 2.25. The van der Waals surface area contributed by atoms with Crippen molar-refractivity contribution in [3.63, 3.8) is 0 Å². The van der Waals surface area contributed by atoms with Crippen molar-refractivity contribution >= 4 is 5.97 Å². The molecular formula is C15H29NO2. The highest BCUT2D eigenvalue weighted by molar-refractivity contribution is 5.72. The molecule has 0 aromatic rings. The van der Waals surface area contributed by atoms with Gasteiger partial charge in [-0.05, 0) is 32.6 Å². The van der Waals surface area contributed by atoms with E-state index in [1.54, 1.807) is 0 Å². The van der Waals surface area contributed by atoms with E-state index in [0.717, 1.165) is 5.92 Å². The molecular weight excluding hydrogens is 226 g/mol. The summed E-state index contributed by atoms with van der Waals surface area (Å²) in [6.45, 7) is 6.27. The van der Waals surface area contributed by atoms with E-state index >= 15 is 0 Å². The molecule has 0 saturated heterocycles. The molecule has 3 atom stereocenters. The zero-order valence-electron chi connectivity index (χ0n) is 12.4. The number of carbonyl (C=O) groups is 1. The van der Waals surface area contributed by atoms with Crippen molar-refractivity contribution in [2.75, 3.05) is 7.11 Å². The predicted molar refractivity (Wildman–Crippen MR) is 74.4 cm³/mol. The first kappa shape index (κ1) is 15.5. The summed E-state index contributed by atoms with van der Waals surface area (Å²) in [5.41, 5.74) is 0. The van der Waals surface area contributed by atoms with Crippen LogP contribution in [0.3, 0.4) is 0 Å². The van der Waals surface area contributed by atoms with Crippen LogP contribution in [0.5, 0.6) is 0 Å². The topological polar surface area (TPSA) is 38.3 Å². The fraction of sp³-hybridized carbons (Fsp3) is 0.933. The number of hydrogen-bond acceptors (Lipinski definition) is 3. The van der Waals surface area contributed by atoms with Gasteiger partial charge in [0.1, 0.15) is 0 Å². The number of hydrogen-bond donors (Lipinski definition) is 1. The van der Waals surface area contributed by atoms with E-state index in [1.165, 1.54) is 45.6 Å². The zero-order chi connectivity index (χ0) is 13.5. The van der Waals surface area contributed by atoms with Crippen LogP contribution in [-0.4, -0.2) is 25.2 Å². The first-order valence-electron chi connectivity index (χ1n) is 7.40. The minimum absolute atomic E-state index is 0.0803. The normalized spacial score (nSPS) is 22.9. The Morgan fingerprint density at radius 3 is 2.17 bits per heavy atom. The van der Waals surface area contributed by atoms with Crippen LogP contribution in [0.25, 0.3) is 0 Å². The SMILES string of the molecule is COC(=O)C(C)C(C)N[C@H](C)C1CCCCCC1. The van der Waals surface area contributed by atoms with Crippen molar-refractivity contribution in [3.05, 3.63) is 0 Å². The smallest absolute Gasteiger partial charge is 0.309 e. The Hall–Kier alpha value is -0.570. The molecule has 1 fully saturated rings. The minimum atomic E-state index is -0.122. The molecule has 1 aliphatic carbocycles. The molecule has 0 radical (unpaired) electrons. The molecule has 1 rings (SSSR count). The first-order valence-corrected chi connectivity index (χ1v) is 7.40. The Morgan fingerprint density at radius 2 is 1.67 bits per heavy atom. The standard InChI is InChI=1S/C15H29NO2/c1-11(15(17)18-4)12(2)16-13(3)14-9-7-5-6-8-10-14/h11-14,16H,5-10H2,1-4H3/t11?,12?,13-/m1/s1. The van der Waals surface area contributed by atoms with Crippen LogP contribution in [0.2, 0.25) is 0 Å². The van der Waals surface area contributed by atoms with Crippen molar-refractivity contribution in [2.24, 2.45) is 11.8 Å². The van der Waals surface area contributed by atoms with Gasteiger partial charge in [0.15, 0.2) is 0 Å². The Morgan fingerprint density at radius 1 is 1.11 bits per heavy atom. The second kappa shape index (κ2) is 7.78. The summed E-state index contributed by atoms with van der Waals surface area (Å²) in [6.07, 6.45) is 8.14. The Bertz CT molecular complexity index is 247. The Kier molecular flexibility index (Phi) is 6.69. The summed E-state index contributed by atoms with van der Waals surface area (Å²) in [5, 5.41) is 3.59. The average molecular weight is 255 g/mol. The van der Waals surface area contributed by atoms with Crippen LogP contribution in [0.4, 0.5) is 0 Å².